The summed E-state index contributed by atoms with van der Waals surface area (Å²) in [6.45, 7) is 8.74. The van der Waals surface area contributed by atoms with Gasteiger partial charge in [0.25, 0.3) is 0 Å². The van der Waals surface area contributed by atoms with Crippen molar-refractivity contribution in [1.29, 1.82) is 0 Å². The maximum Gasteiger partial charge on any atom is 0.164 e. The number of aromatic nitrogens is 5. The first-order valence-corrected chi connectivity index (χ1v) is 15.8. The highest BCUT2D eigenvalue weighted by atomic mass is 32.2. The average molecular weight is 562 g/mol. The van der Waals surface area contributed by atoms with Gasteiger partial charge in [-0.25, -0.2) is 23.4 Å². The Hall–Kier alpha value is -3.57. The molecule has 1 unspecified atom stereocenters. The second kappa shape index (κ2) is 10.4. The molecule has 10 nitrogen and oxygen atoms in total. The van der Waals surface area contributed by atoms with E-state index in [0.29, 0.717) is 23.4 Å². The summed E-state index contributed by atoms with van der Waals surface area (Å²) < 4.78 is 31.1. The molecule has 0 saturated carbocycles. The van der Waals surface area contributed by atoms with Crippen molar-refractivity contribution in [2.24, 2.45) is 5.92 Å². The van der Waals surface area contributed by atoms with Gasteiger partial charge < -0.3 is 15.0 Å². The monoisotopic (exact) mass is 561 g/mol. The van der Waals surface area contributed by atoms with E-state index >= 15 is 0 Å². The molecule has 3 atom stereocenters. The summed E-state index contributed by atoms with van der Waals surface area (Å²) in [6, 6.07) is 8.37. The molecule has 0 spiro atoms. The van der Waals surface area contributed by atoms with Gasteiger partial charge in [0, 0.05) is 61.0 Å². The number of nitrogens with one attached hydrogen (secondary N) is 1. The molecule has 3 aromatic heterocycles. The van der Waals surface area contributed by atoms with Crippen LogP contribution < -0.4 is 10.2 Å². The molecule has 2 saturated heterocycles. The molecule has 0 aliphatic carbocycles. The van der Waals surface area contributed by atoms with Crippen LogP contribution in [-0.2, 0) is 21.1 Å². The summed E-state index contributed by atoms with van der Waals surface area (Å²) in [6.07, 6.45) is 9.97. The molecule has 1 N–H and O–H groups in total. The molecule has 11 heteroatoms. The summed E-state index contributed by atoms with van der Waals surface area (Å²) in [4.78, 5) is 16.2. The van der Waals surface area contributed by atoms with Crippen LogP contribution in [-0.4, -0.2) is 70.5 Å². The van der Waals surface area contributed by atoms with E-state index in [4.69, 9.17) is 14.7 Å². The number of fused-ring (bicyclic) bond motifs is 1. The number of rotatable bonds is 9. The third kappa shape index (κ3) is 5.40. The van der Waals surface area contributed by atoms with Crippen molar-refractivity contribution < 1.29 is 13.2 Å². The van der Waals surface area contributed by atoms with Gasteiger partial charge in [-0.1, -0.05) is 19.9 Å². The van der Waals surface area contributed by atoms with E-state index in [2.05, 4.69) is 59.3 Å². The van der Waals surface area contributed by atoms with Crippen molar-refractivity contribution in [3.05, 3.63) is 54.6 Å². The van der Waals surface area contributed by atoms with E-state index in [1.165, 1.54) is 11.8 Å². The predicted molar refractivity (Wildman–Crippen MR) is 157 cm³/mol. The lowest BCUT2D eigenvalue weighted by molar-refractivity contribution is -0.0609. The fourth-order valence-electron chi connectivity index (χ4n) is 5.57. The third-order valence-electron chi connectivity index (χ3n) is 7.95. The third-order valence-corrected chi connectivity index (χ3v) is 8.99. The fourth-order valence-corrected chi connectivity index (χ4v) is 6.73. The number of hydrogen-bond acceptors (Lipinski definition) is 9. The lowest BCUT2D eigenvalue weighted by Crippen LogP contribution is -2.57. The van der Waals surface area contributed by atoms with Gasteiger partial charge in [0.05, 0.1) is 30.2 Å². The summed E-state index contributed by atoms with van der Waals surface area (Å²) >= 11 is 0. The predicted octanol–water partition coefficient (Wildman–Crippen LogP) is 4.41. The van der Waals surface area contributed by atoms with Crippen molar-refractivity contribution in [1.82, 2.24) is 24.7 Å². The summed E-state index contributed by atoms with van der Waals surface area (Å²) in [5.41, 5.74) is 3.17. The zero-order chi connectivity index (χ0) is 28.0. The van der Waals surface area contributed by atoms with Gasteiger partial charge in [0.1, 0.15) is 21.5 Å². The van der Waals surface area contributed by atoms with E-state index in [1.54, 1.807) is 12.4 Å². The molecular formula is C29H35N7O3S. The highest BCUT2D eigenvalue weighted by Gasteiger charge is 2.38. The van der Waals surface area contributed by atoms with Gasteiger partial charge in [-0.2, -0.15) is 5.10 Å². The van der Waals surface area contributed by atoms with E-state index in [-0.39, 0.29) is 23.8 Å². The minimum Gasteiger partial charge on any atom is -0.376 e. The largest absolute Gasteiger partial charge is 0.376 e. The highest BCUT2D eigenvalue weighted by molar-refractivity contribution is 7.90. The van der Waals surface area contributed by atoms with Crippen molar-refractivity contribution in [2.45, 2.75) is 51.8 Å². The van der Waals surface area contributed by atoms with Gasteiger partial charge in [0.15, 0.2) is 5.82 Å². The fraction of sp³-hybridized carbons (Fsp3) is 0.448. The van der Waals surface area contributed by atoms with Crippen LogP contribution >= 0.6 is 0 Å². The molecule has 210 valence electrons. The van der Waals surface area contributed by atoms with Crippen molar-refractivity contribution in [3.8, 4) is 11.4 Å². The summed E-state index contributed by atoms with van der Waals surface area (Å²) in [5.74, 6) is 2.61. The zero-order valence-electron chi connectivity index (χ0n) is 23.3. The van der Waals surface area contributed by atoms with Crippen LogP contribution in [0.15, 0.2) is 49.1 Å². The van der Waals surface area contributed by atoms with Gasteiger partial charge in [-0.3, -0.25) is 4.68 Å². The first-order chi connectivity index (χ1) is 19.1. The van der Waals surface area contributed by atoms with Crippen molar-refractivity contribution >= 4 is 37.9 Å². The van der Waals surface area contributed by atoms with Crippen LogP contribution in [0.1, 0.15) is 38.7 Å². The molecule has 0 radical (unpaired) electrons. The Morgan fingerprint density at radius 1 is 1.12 bits per heavy atom. The molecule has 40 heavy (non-hydrogen) atoms. The average Bonchev–Trinajstić information content (AvgIpc) is 3.36. The Balaban J connectivity index is 1.25. The molecule has 0 amide bonds. The smallest absolute Gasteiger partial charge is 0.164 e. The molecule has 0 bridgehead atoms. The Morgan fingerprint density at radius 3 is 2.65 bits per heavy atom. The number of hydrogen-bond donors (Lipinski definition) is 1. The normalized spacial score (nSPS) is 20.9. The molecule has 6 rings (SSSR count). The number of ether oxygens (including phenoxy) is 1. The quantitative estimate of drug-likeness (QED) is 0.317. The molecule has 2 fully saturated rings. The highest BCUT2D eigenvalue weighted by Crippen LogP contribution is 2.39. The van der Waals surface area contributed by atoms with Gasteiger partial charge in [-0.05, 0) is 48.4 Å². The lowest BCUT2D eigenvalue weighted by atomic mass is 9.88. The molecule has 5 heterocycles. The topological polar surface area (TPSA) is 115 Å². The molecule has 4 aromatic rings. The van der Waals surface area contributed by atoms with Crippen LogP contribution in [0.3, 0.4) is 0 Å². The number of nitrogens with zero attached hydrogens (tertiary/aromatic N) is 6. The first-order valence-electron chi connectivity index (χ1n) is 13.8. The van der Waals surface area contributed by atoms with E-state index in [0.717, 1.165) is 48.1 Å². The Morgan fingerprint density at radius 2 is 1.95 bits per heavy atom. The van der Waals surface area contributed by atoms with Crippen molar-refractivity contribution in [2.75, 3.05) is 35.4 Å². The lowest BCUT2D eigenvalue weighted by Gasteiger charge is -2.48. The maximum atomic E-state index is 11.8. The molecule has 2 aliphatic rings. The van der Waals surface area contributed by atoms with Gasteiger partial charge >= 0.3 is 0 Å². The Labute approximate surface area is 234 Å². The standard InChI is InChI=1S/C29H35N7O3S/c1-18(2)23-5-6-26(36-15-21(19(36)3)17-40(4,37)38)25-13-31-28(11-24(23)25)33-27-7-9-30-29(34-27)20-12-32-35(14-20)16-22-8-10-39-22/h5-7,9,11-14,18-19,21-22H,8,10,15-17H2,1-4H3,(H,30,31,33,34)/t19-,21-,22?/m1/s1. The van der Waals surface area contributed by atoms with E-state index < -0.39 is 9.84 Å². The Kier molecular flexibility index (Phi) is 6.95. The van der Waals surface area contributed by atoms with Crippen LogP contribution in [0.4, 0.5) is 17.3 Å². The molecule has 2 aliphatic heterocycles. The second-order valence-corrected chi connectivity index (χ2v) is 13.5. The second-order valence-electron chi connectivity index (χ2n) is 11.3. The van der Waals surface area contributed by atoms with E-state index in [1.807, 2.05) is 23.1 Å². The van der Waals surface area contributed by atoms with Gasteiger partial charge in [0.2, 0.25) is 0 Å². The van der Waals surface area contributed by atoms with Crippen molar-refractivity contribution in [3.63, 3.8) is 0 Å². The first kappa shape index (κ1) is 26.6. The van der Waals surface area contributed by atoms with Crippen LogP contribution in [0.5, 0.6) is 0 Å². The summed E-state index contributed by atoms with van der Waals surface area (Å²) in [5, 5.41) is 9.98. The molecule has 1 aromatic carbocycles. The Bertz CT molecular complexity index is 1650. The van der Waals surface area contributed by atoms with E-state index in [9.17, 15) is 8.42 Å². The summed E-state index contributed by atoms with van der Waals surface area (Å²) in [7, 11) is -3.01. The number of anilines is 3. The number of benzene rings is 1. The minimum absolute atomic E-state index is 0.134. The minimum atomic E-state index is -3.01. The van der Waals surface area contributed by atoms with Gasteiger partial charge in [-0.15, -0.1) is 0 Å². The maximum absolute atomic E-state index is 11.8. The van der Waals surface area contributed by atoms with Crippen LogP contribution in [0, 0.1) is 5.92 Å². The SMILES string of the molecule is CC(C)c1ccc(N2C[C@H](CS(C)(=O)=O)[C@H]2C)c2cnc(Nc3ccnc(-c4cnn(CC5CCO5)c4)n3)cc12. The zero-order valence-corrected chi connectivity index (χ0v) is 24.1. The number of pyridine rings is 1. The van der Waals surface area contributed by atoms with Crippen LogP contribution in [0.2, 0.25) is 0 Å². The number of sulfone groups is 1. The molecular weight excluding hydrogens is 526 g/mol. The van der Waals surface area contributed by atoms with Crippen LogP contribution in [0.25, 0.3) is 22.2 Å².